The highest BCUT2D eigenvalue weighted by atomic mass is 16.5. The third-order valence-electron chi connectivity index (χ3n) is 3.16. The molecule has 0 spiro atoms. The van der Waals surface area contributed by atoms with Gasteiger partial charge in [0.15, 0.2) is 0 Å². The smallest absolute Gasteiger partial charge is 0.225 e. The highest BCUT2D eigenvalue weighted by molar-refractivity contribution is 5.78. The number of carbonyl (C=O) groups is 1. The van der Waals surface area contributed by atoms with Crippen LogP contribution in [0.3, 0.4) is 0 Å². The summed E-state index contributed by atoms with van der Waals surface area (Å²) in [6.45, 7) is 9.28. The van der Waals surface area contributed by atoms with Gasteiger partial charge in [-0.1, -0.05) is 6.92 Å². The van der Waals surface area contributed by atoms with E-state index in [9.17, 15) is 4.79 Å². The zero-order valence-corrected chi connectivity index (χ0v) is 10.8. The number of hydrogen-bond donors (Lipinski definition) is 1. The lowest BCUT2D eigenvalue weighted by Crippen LogP contribution is -2.50. The molecule has 1 aliphatic heterocycles. The van der Waals surface area contributed by atoms with Gasteiger partial charge in [0.05, 0.1) is 12.7 Å². The first-order valence-electron chi connectivity index (χ1n) is 6.09. The van der Waals surface area contributed by atoms with Crippen LogP contribution in [0.1, 0.15) is 20.8 Å². The number of ether oxygens (including phenoxy) is 1. The minimum atomic E-state index is 0.130. The predicted octanol–water partition coefficient (Wildman–Crippen LogP) is 0.725. The Hall–Kier alpha value is -0.610. The van der Waals surface area contributed by atoms with Crippen molar-refractivity contribution in [3.63, 3.8) is 0 Å². The third-order valence-corrected chi connectivity index (χ3v) is 3.16. The monoisotopic (exact) mass is 228 g/mol. The van der Waals surface area contributed by atoms with E-state index < -0.39 is 0 Å². The Labute approximate surface area is 98.3 Å². The quantitative estimate of drug-likeness (QED) is 0.728. The van der Waals surface area contributed by atoms with Gasteiger partial charge in [0, 0.05) is 19.5 Å². The second-order valence-corrected chi connectivity index (χ2v) is 4.89. The van der Waals surface area contributed by atoms with E-state index in [4.69, 9.17) is 4.74 Å². The molecular formula is C12H24N2O2. The van der Waals surface area contributed by atoms with Crippen molar-refractivity contribution >= 4 is 5.91 Å². The summed E-state index contributed by atoms with van der Waals surface area (Å²) in [6.07, 6.45) is 0.233. The highest BCUT2D eigenvalue weighted by Crippen LogP contribution is 2.17. The van der Waals surface area contributed by atoms with E-state index in [1.165, 1.54) is 0 Å². The third kappa shape index (κ3) is 3.76. The fourth-order valence-corrected chi connectivity index (χ4v) is 1.75. The molecular weight excluding hydrogens is 204 g/mol. The van der Waals surface area contributed by atoms with Crippen molar-refractivity contribution in [1.82, 2.24) is 10.2 Å². The summed E-state index contributed by atoms with van der Waals surface area (Å²) >= 11 is 0. The van der Waals surface area contributed by atoms with Crippen LogP contribution < -0.4 is 5.32 Å². The molecule has 1 rings (SSSR count). The van der Waals surface area contributed by atoms with Crippen LogP contribution in [0.25, 0.3) is 0 Å². The van der Waals surface area contributed by atoms with Gasteiger partial charge in [-0.15, -0.1) is 0 Å². The van der Waals surface area contributed by atoms with Crippen LogP contribution >= 0.6 is 0 Å². The Kier molecular flexibility index (Phi) is 5.22. The van der Waals surface area contributed by atoms with Gasteiger partial charge >= 0.3 is 0 Å². The van der Waals surface area contributed by atoms with E-state index in [1.54, 1.807) is 4.90 Å². The van der Waals surface area contributed by atoms with Gasteiger partial charge in [0.25, 0.3) is 0 Å². The van der Waals surface area contributed by atoms with Gasteiger partial charge in [-0.3, -0.25) is 4.79 Å². The van der Waals surface area contributed by atoms with Gasteiger partial charge in [-0.05, 0) is 32.9 Å². The first kappa shape index (κ1) is 13.5. The summed E-state index contributed by atoms with van der Waals surface area (Å²) in [5.41, 5.74) is 0. The lowest BCUT2D eigenvalue weighted by Gasteiger charge is -2.34. The molecule has 16 heavy (non-hydrogen) atoms. The highest BCUT2D eigenvalue weighted by Gasteiger charge is 2.30. The second-order valence-electron chi connectivity index (χ2n) is 4.89. The molecule has 0 aromatic heterocycles. The van der Waals surface area contributed by atoms with Crippen LogP contribution in [-0.4, -0.2) is 50.2 Å². The van der Waals surface area contributed by atoms with E-state index in [0.717, 1.165) is 13.1 Å². The van der Waals surface area contributed by atoms with Crippen molar-refractivity contribution in [2.24, 2.45) is 11.8 Å². The molecule has 0 aliphatic carbocycles. The van der Waals surface area contributed by atoms with Gasteiger partial charge in [-0.2, -0.15) is 0 Å². The Bertz CT molecular complexity index is 227. The summed E-state index contributed by atoms with van der Waals surface area (Å²) < 4.78 is 5.44. The van der Waals surface area contributed by atoms with Crippen molar-refractivity contribution in [3.8, 4) is 0 Å². The van der Waals surface area contributed by atoms with Crippen molar-refractivity contribution in [1.29, 1.82) is 0 Å². The Balaban J connectivity index is 2.23. The van der Waals surface area contributed by atoms with Gasteiger partial charge < -0.3 is 15.0 Å². The minimum absolute atomic E-state index is 0.130. The van der Waals surface area contributed by atoms with Crippen LogP contribution in [0.4, 0.5) is 0 Å². The molecule has 1 N–H and O–H groups in total. The normalized spacial score (nSPS) is 18.3. The average Bonchev–Trinajstić information content (AvgIpc) is 2.13. The number of nitrogens with one attached hydrogen (secondary N) is 1. The largest absolute Gasteiger partial charge is 0.377 e. The molecule has 1 saturated heterocycles. The average molecular weight is 228 g/mol. The van der Waals surface area contributed by atoms with Gasteiger partial charge in [0.1, 0.15) is 0 Å². The molecule has 4 heteroatoms. The van der Waals surface area contributed by atoms with E-state index in [1.807, 2.05) is 27.8 Å². The van der Waals surface area contributed by atoms with Gasteiger partial charge in [-0.25, -0.2) is 0 Å². The first-order valence-corrected chi connectivity index (χ1v) is 6.09. The number of hydrogen-bond acceptors (Lipinski definition) is 3. The van der Waals surface area contributed by atoms with E-state index in [2.05, 4.69) is 5.32 Å². The molecule has 0 aromatic rings. The molecule has 0 saturated carbocycles. The number of rotatable bonds is 6. The van der Waals surface area contributed by atoms with Crippen LogP contribution in [0.5, 0.6) is 0 Å². The predicted molar refractivity (Wildman–Crippen MR) is 64.2 cm³/mol. The Morgan fingerprint density at radius 1 is 1.44 bits per heavy atom. The minimum Gasteiger partial charge on any atom is -0.377 e. The topological polar surface area (TPSA) is 41.6 Å². The summed E-state index contributed by atoms with van der Waals surface area (Å²) in [5, 5.41) is 3.20. The molecule has 1 amide bonds. The van der Waals surface area contributed by atoms with E-state index >= 15 is 0 Å². The molecule has 1 aliphatic rings. The molecule has 4 nitrogen and oxygen atoms in total. The molecule has 1 heterocycles. The summed E-state index contributed by atoms with van der Waals surface area (Å²) in [4.78, 5) is 13.8. The van der Waals surface area contributed by atoms with Crippen molar-refractivity contribution in [2.75, 3.05) is 33.3 Å². The fourth-order valence-electron chi connectivity index (χ4n) is 1.75. The number of nitrogens with zero attached hydrogens (tertiary/aromatic N) is 1. The lowest BCUT2D eigenvalue weighted by molar-refractivity contribution is -0.136. The fraction of sp³-hybridized carbons (Fsp3) is 0.917. The van der Waals surface area contributed by atoms with Crippen LogP contribution in [0.2, 0.25) is 0 Å². The lowest BCUT2D eigenvalue weighted by atomic mass is 9.88. The number of amides is 1. The molecule has 0 bridgehead atoms. The molecule has 1 atom stereocenters. The Morgan fingerprint density at radius 3 is 2.50 bits per heavy atom. The first-order chi connectivity index (χ1) is 7.52. The second kappa shape index (κ2) is 6.21. The zero-order chi connectivity index (χ0) is 12.1. The molecule has 0 radical (unpaired) electrons. The SMILES string of the molecule is CC(C)OCCN(C)C(=O)C(C)C1CNC1. The standard InChI is InChI=1S/C12H24N2O2/c1-9(2)16-6-5-14(4)12(15)10(3)11-7-13-8-11/h9-11,13H,5-8H2,1-4H3. The van der Waals surface area contributed by atoms with E-state index in [0.29, 0.717) is 19.1 Å². The summed E-state index contributed by atoms with van der Waals surface area (Å²) in [7, 11) is 1.86. The Morgan fingerprint density at radius 2 is 2.06 bits per heavy atom. The van der Waals surface area contributed by atoms with Crippen molar-refractivity contribution in [2.45, 2.75) is 26.9 Å². The number of carbonyl (C=O) groups excluding carboxylic acids is 1. The van der Waals surface area contributed by atoms with Crippen LogP contribution in [-0.2, 0) is 9.53 Å². The number of likely N-dealkylation sites (N-methyl/N-ethyl adjacent to an activating group) is 1. The molecule has 1 unspecified atom stereocenters. The maximum atomic E-state index is 12.0. The summed E-state index contributed by atoms with van der Waals surface area (Å²) in [6, 6.07) is 0. The van der Waals surface area contributed by atoms with E-state index in [-0.39, 0.29) is 17.9 Å². The zero-order valence-electron chi connectivity index (χ0n) is 10.8. The van der Waals surface area contributed by atoms with Crippen LogP contribution in [0.15, 0.2) is 0 Å². The molecule has 94 valence electrons. The maximum absolute atomic E-state index is 12.0. The maximum Gasteiger partial charge on any atom is 0.225 e. The molecule has 0 aromatic carbocycles. The summed E-state index contributed by atoms with van der Waals surface area (Å²) in [5.74, 6) is 0.880. The van der Waals surface area contributed by atoms with Crippen LogP contribution in [0, 0.1) is 11.8 Å². The van der Waals surface area contributed by atoms with Gasteiger partial charge in [0.2, 0.25) is 5.91 Å². The molecule has 1 fully saturated rings. The van der Waals surface area contributed by atoms with Crippen molar-refractivity contribution < 1.29 is 9.53 Å². The van der Waals surface area contributed by atoms with Crippen molar-refractivity contribution in [3.05, 3.63) is 0 Å².